The summed E-state index contributed by atoms with van der Waals surface area (Å²) in [5.41, 5.74) is 9.29. The van der Waals surface area contributed by atoms with Crippen molar-refractivity contribution in [1.29, 1.82) is 0 Å². The molecule has 0 fully saturated rings. The summed E-state index contributed by atoms with van der Waals surface area (Å²) in [6.45, 7) is 9.35. The van der Waals surface area contributed by atoms with Gasteiger partial charge in [-0.3, -0.25) is 0 Å². The molecule has 0 bridgehead atoms. The molecule has 1 aromatic carbocycles. The zero-order valence-electron chi connectivity index (χ0n) is 16.0. The minimum atomic E-state index is -0.919. The summed E-state index contributed by atoms with van der Waals surface area (Å²) in [6.07, 6.45) is -0.919. The van der Waals surface area contributed by atoms with Gasteiger partial charge in [0, 0.05) is 16.3 Å². The quantitative estimate of drug-likeness (QED) is 0.787. The molecule has 0 saturated carbocycles. The Morgan fingerprint density at radius 3 is 2.27 bits per heavy atom. The van der Waals surface area contributed by atoms with E-state index < -0.39 is 17.7 Å². The number of hydrogen-bond donors (Lipinski definition) is 1. The van der Waals surface area contributed by atoms with Gasteiger partial charge in [0.25, 0.3) is 0 Å². The lowest BCUT2D eigenvalue weighted by Crippen LogP contribution is -2.29. The van der Waals surface area contributed by atoms with Crippen LogP contribution in [0.4, 0.5) is 5.82 Å². The molecule has 0 spiro atoms. The molecule has 0 radical (unpaired) electrons. The van der Waals surface area contributed by atoms with Crippen molar-refractivity contribution in [2.75, 3.05) is 12.8 Å². The SMILES string of the molecule is COC(=O)[C@@H](OC(C)(C)C)c1c(C)nc(N)c(C)c1-c1ccc(Cl)cc1. The van der Waals surface area contributed by atoms with E-state index in [-0.39, 0.29) is 0 Å². The van der Waals surface area contributed by atoms with Crippen molar-refractivity contribution in [2.45, 2.75) is 46.3 Å². The monoisotopic (exact) mass is 376 g/mol. The second-order valence-corrected chi connectivity index (χ2v) is 7.57. The molecule has 1 heterocycles. The lowest BCUT2D eigenvalue weighted by molar-refractivity contribution is -0.164. The molecular formula is C20H25ClN2O3. The van der Waals surface area contributed by atoms with Crippen molar-refractivity contribution in [1.82, 2.24) is 4.98 Å². The number of carbonyl (C=O) groups excluding carboxylic acids is 1. The predicted molar refractivity (Wildman–Crippen MR) is 104 cm³/mol. The van der Waals surface area contributed by atoms with E-state index >= 15 is 0 Å². The third-order valence-corrected chi connectivity index (χ3v) is 4.24. The number of halogens is 1. The number of carbonyl (C=O) groups is 1. The van der Waals surface area contributed by atoms with Gasteiger partial charge in [0.2, 0.25) is 0 Å². The Kier molecular flexibility index (Phi) is 5.94. The molecule has 0 amide bonds. The first-order valence-corrected chi connectivity index (χ1v) is 8.71. The third-order valence-electron chi connectivity index (χ3n) is 3.99. The first kappa shape index (κ1) is 20.2. The molecule has 2 rings (SSSR count). The fourth-order valence-electron chi connectivity index (χ4n) is 2.83. The average Bonchev–Trinajstić information content (AvgIpc) is 2.55. The highest BCUT2D eigenvalue weighted by molar-refractivity contribution is 6.30. The molecule has 0 aliphatic rings. The van der Waals surface area contributed by atoms with E-state index in [2.05, 4.69) is 4.98 Å². The molecule has 140 valence electrons. The third kappa shape index (κ3) is 4.34. The zero-order chi connectivity index (χ0) is 19.6. The number of ether oxygens (including phenoxy) is 2. The largest absolute Gasteiger partial charge is 0.467 e. The van der Waals surface area contributed by atoms with Crippen molar-refractivity contribution >= 4 is 23.4 Å². The summed E-state index contributed by atoms with van der Waals surface area (Å²) >= 11 is 6.03. The number of methoxy groups -OCH3 is 1. The molecule has 0 aliphatic heterocycles. The number of hydrogen-bond acceptors (Lipinski definition) is 5. The normalized spacial score (nSPS) is 12.7. The minimum absolute atomic E-state index is 0.413. The lowest BCUT2D eigenvalue weighted by atomic mass is 9.91. The van der Waals surface area contributed by atoms with Crippen LogP contribution in [-0.2, 0) is 14.3 Å². The summed E-state index contributed by atoms with van der Waals surface area (Å²) in [5.74, 6) is -0.0696. The first-order chi connectivity index (χ1) is 12.0. The smallest absolute Gasteiger partial charge is 0.339 e. The van der Waals surface area contributed by atoms with Gasteiger partial charge in [0.05, 0.1) is 12.7 Å². The number of nitrogen functional groups attached to an aromatic ring is 1. The van der Waals surface area contributed by atoms with E-state index in [1.165, 1.54) is 7.11 Å². The van der Waals surface area contributed by atoms with Gasteiger partial charge in [-0.1, -0.05) is 23.7 Å². The molecule has 26 heavy (non-hydrogen) atoms. The standard InChI is InChI=1S/C20H25ClN2O3/c1-11-15(13-7-9-14(21)10-8-13)16(12(2)23-18(11)22)17(19(24)25-6)26-20(3,4)5/h7-10,17H,1-6H3,(H2,22,23)/t17-/m0/s1. The molecule has 0 saturated heterocycles. The van der Waals surface area contributed by atoms with Gasteiger partial charge in [-0.2, -0.15) is 0 Å². The number of aromatic nitrogens is 1. The maximum absolute atomic E-state index is 12.5. The Hall–Kier alpha value is -2.11. The van der Waals surface area contributed by atoms with Crippen molar-refractivity contribution < 1.29 is 14.3 Å². The van der Waals surface area contributed by atoms with Gasteiger partial charge >= 0.3 is 5.97 Å². The highest BCUT2D eigenvalue weighted by atomic mass is 35.5. The molecule has 6 heteroatoms. The number of esters is 1. The van der Waals surface area contributed by atoms with E-state index in [4.69, 9.17) is 26.8 Å². The van der Waals surface area contributed by atoms with Crippen LogP contribution in [0.5, 0.6) is 0 Å². The number of nitrogens with two attached hydrogens (primary N) is 1. The first-order valence-electron chi connectivity index (χ1n) is 8.33. The van der Waals surface area contributed by atoms with Gasteiger partial charge in [-0.25, -0.2) is 9.78 Å². The van der Waals surface area contributed by atoms with Gasteiger partial charge in [0.1, 0.15) is 5.82 Å². The van der Waals surface area contributed by atoms with Crippen molar-refractivity contribution in [2.24, 2.45) is 0 Å². The molecule has 5 nitrogen and oxygen atoms in total. The highest BCUT2D eigenvalue weighted by Crippen LogP contribution is 2.39. The van der Waals surface area contributed by atoms with Crippen LogP contribution in [-0.4, -0.2) is 23.7 Å². The van der Waals surface area contributed by atoms with Crippen LogP contribution in [0.2, 0.25) is 5.02 Å². The molecular weight excluding hydrogens is 352 g/mol. The van der Waals surface area contributed by atoms with Crippen LogP contribution in [0.15, 0.2) is 24.3 Å². The fraction of sp³-hybridized carbons (Fsp3) is 0.400. The number of nitrogens with zero attached hydrogens (tertiary/aromatic N) is 1. The Bertz CT molecular complexity index is 811. The number of aryl methyl sites for hydroxylation is 1. The summed E-state index contributed by atoms with van der Waals surface area (Å²) in [7, 11) is 1.34. The Morgan fingerprint density at radius 2 is 1.77 bits per heavy atom. The molecule has 0 unspecified atom stereocenters. The molecule has 1 aromatic heterocycles. The predicted octanol–water partition coefficient (Wildman–Crippen LogP) is 4.63. The number of benzene rings is 1. The van der Waals surface area contributed by atoms with E-state index in [0.717, 1.165) is 16.7 Å². The Morgan fingerprint density at radius 1 is 1.19 bits per heavy atom. The fourth-order valence-corrected chi connectivity index (χ4v) is 2.96. The lowest BCUT2D eigenvalue weighted by Gasteiger charge is -2.29. The van der Waals surface area contributed by atoms with Crippen LogP contribution in [0.3, 0.4) is 0 Å². The second-order valence-electron chi connectivity index (χ2n) is 7.14. The van der Waals surface area contributed by atoms with Gasteiger partial charge in [-0.05, 0) is 63.4 Å². The van der Waals surface area contributed by atoms with Gasteiger partial charge in [-0.15, -0.1) is 0 Å². The summed E-state index contributed by atoms with van der Waals surface area (Å²) in [6, 6.07) is 7.37. The van der Waals surface area contributed by atoms with Crippen LogP contribution in [0.1, 0.15) is 43.7 Å². The molecule has 0 aliphatic carbocycles. The number of rotatable bonds is 4. The zero-order valence-corrected chi connectivity index (χ0v) is 16.8. The van der Waals surface area contributed by atoms with E-state index in [9.17, 15) is 4.79 Å². The van der Waals surface area contributed by atoms with Crippen molar-refractivity contribution in [3.05, 3.63) is 46.1 Å². The van der Waals surface area contributed by atoms with E-state index in [0.29, 0.717) is 22.1 Å². The van der Waals surface area contributed by atoms with E-state index in [1.54, 1.807) is 12.1 Å². The number of pyridine rings is 1. The van der Waals surface area contributed by atoms with Crippen LogP contribution >= 0.6 is 11.6 Å². The minimum Gasteiger partial charge on any atom is -0.467 e. The van der Waals surface area contributed by atoms with Crippen LogP contribution in [0, 0.1) is 13.8 Å². The Balaban J connectivity index is 2.78. The van der Waals surface area contributed by atoms with Crippen LogP contribution in [0.25, 0.3) is 11.1 Å². The molecule has 1 atom stereocenters. The summed E-state index contributed by atoms with van der Waals surface area (Å²) < 4.78 is 11.1. The number of anilines is 1. The summed E-state index contributed by atoms with van der Waals surface area (Å²) in [4.78, 5) is 17.0. The topological polar surface area (TPSA) is 74.4 Å². The van der Waals surface area contributed by atoms with E-state index in [1.807, 2.05) is 46.8 Å². The maximum atomic E-state index is 12.5. The van der Waals surface area contributed by atoms with Crippen LogP contribution < -0.4 is 5.73 Å². The van der Waals surface area contributed by atoms with Gasteiger partial charge < -0.3 is 15.2 Å². The van der Waals surface area contributed by atoms with Crippen molar-refractivity contribution in [3.63, 3.8) is 0 Å². The Labute approximate surface area is 159 Å². The highest BCUT2D eigenvalue weighted by Gasteiger charge is 2.33. The maximum Gasteiger partial charge on any atom is 0.339 e. The molecule has 2 aromatic rings. The van der Waals surface area contributed by atoms with Crippen molar-refractivity contribution in [3.8, 4) is 11.1 Å². The second kappa shape index (κ2) is 7.64. The van der Waals surface area contributed by atoms with Gasteiger partial charge in [0.15, 0.2) is 6.10 Å². The summed E-state index contributed by atoms with van der Waals surface area (Å²) in [5, 5.41) is 0.627. The average molecular weight is 377 g/mol. The molecule has 2 N–H and O–H groups in total.